The molecule has 0 radical (unpaired) electrons. The highest BCUT2D eigenvalue weighted by molar-refractivity contribution is 5.69. The predicted octanol–water partition coefficient (Wildman–Crippen LogP) is 4.60. The molecule has 4 aromatic rings. The third-order valence-electron chi connectivity index (χ3n) is 6.55. The minimum absolute atomic E-state index is 0.163. The van der Waals surface area contributed by atoms with Crippen LogP contribution in [0.3, 0.4) is 0 Å². The zero-order valence-electron chi connectivity index (χ0n) is 20.8. The molecule has 0 saturated carbocycles. The lowest BCUT2D eigenvalue weighted by Gasteiger charge is -2.33. The van der Waals surface area contributed by atoms with Crippen molar-refractivity contribution in [2.24, 2.45) is 0 Å². The standard InChI is InChI=1S/C30H34N4O2/c1-35-29-15-9-8-14-28(29)30-26(22-34(32-30)21-25-12-6-3-7-13-25)18-31-19-27-23-33(16-17-36-27)20-24-10-4-2-5-11-24/h2-15,22,27,31H,16-21,23H2,1H3/t27-/m0/s1. The molecule has 2 heterocycles. The Morgan fingerprint density at radius 2 is 1.61 bits per heavy atom. The first-order valence-corrected chi connectivity index (χ1v) is 12.6. The Morgan fingerprint density at radius 1 is 0.917 bits per heavy atom. The number of para-hydroxylation sites is 1. The molecule has 186 valence electrons. The van der Waals surface area contributed by atoms with Crippen LogP contribution in [0.1, 0.15) is 16.7 Å². The lowest BCUT2D eigenvalue weighted by molar-refractivity contribution is -0.0300. The van der Waals surface area contributed by atoms with E-state index < -0.39 is 0 Å². The monoisotopic (exact) mass is 482 g/mol. The zero-order valence-corrected chi connectivity index (χ0v) is 20.8. The summed E-state index contributed by atoms with van der Waals surface area (Å²) in [5.41, 5.74) is 5.67. The van der Waals surface area contributed by atoms with Crippen molar-refractivity contribution >= 4 is 0 Å². The van der Waals surface area contributed by atoms with Gasteiger partial charge in [0.2, 0.25) is 0 Å². The Hall–Kier alpha value is -3.45. The van der Waals surface area contributed by atoms with Gasteiger partial charge in [0.1, 0.15) is 11.4 Å². The molecule has 3 aromatic carbocycles. The highest BCUT2D eigenvalue weighted by atomic mass is 16.5. The summed E-state index contributed by atoms with van der Waals surface area (Å²) >= 11 is 0. The summed E-state index contributed by atoms with van der Waals surface area (Å²) in [5.74, 6) is 0.830. The minimum atomic E-state index is 0.163. The molecule has 1 aliphatic heterocycles. The number of rotatable bonds is 10. The molecule has 36 heavy (non-hydrogen) atoms. The predicted molar refractivity (Wildman–Crippen MR) is 143 cm³/mol. The molecule has 0 spiro atoms. The molecule has 0 unspecified atom stereocenters. The van der Waals surface area contributed by atoms with Gasteiger partial charge in [0.25, 0.3) is 0 Å². The van der Waals surface area contributed by atoms with Crippen molar-refractivity contribution in [3.05, 3.63) is 108 Å². The van der Waals surface area contributed by atoms with Gasteiger partial charge in [0.05, 0.1) is 26.4 Å². The third-order valence-corrected chi connectivity index (χ3v) is 6.55. The van der Waals surface area contributed by atoms with Crippen LogP contribution in [0, 0.1) is 0 Å². The van der Waals surface area contributed by atoms with Crippen molar-refractivity contribution in [3.63, 3.8) is 0 Å². The van der Waals surface area contributed by atoms with Crippen molar-refractivity contribution in [1.29, 1.82) is 0 Å². The van der Waals surface area contributed by atoms with Crippen molar-refractivity contribution in [1.82, 2.24) is 20.0 Å². The van der Waals surface area contributed by atoms with Gasteiger partial charge in [-0.25, -0.2) is 0 Å². The van der Waals surface area contributed by atoms with Crippen LogP contribution < -0.4 is 10.1 Å². The van der Waals surface area contributed by atoms with E-state index in [0.717, 1.165) is 61.9 Å². The van der Waals surface area contributed by atoms with Crippen molar-refractivity contribution in [2.75, 3.05) is 33.4 Å². The van der Waals surface area contributed by atoms with Crippen LogP contribution in [0.5, 0.6) is 5.75 Å². The number of aromatic nitrogens is 2. The van der Waals surface area contributed by atoms with Gasteiger partial charge in [-0.15, -0.1) is 0 Å². The first-order chi connectivity index (χ1) is 17.8. The van der Waals surface area contributed by atoms with E-state index in [1.807, 2.05) is 28.9 Å². The quantitative estimate of drug-likeness (QED) is 0.358. The Bertz CT molecular complexity index is 1230. The molecule has 6 nitrogen and oxygen atoms in total. The van der Waals surface area contributed by atoms with Gasteiger partial charge in [0, 0.05) is 50.0 Å². The summed E-state index contributed by atoms with van der Waals surface area (Å²) in [7, 11) is 1.71. The van der Waals surface area contributed by atoms with E-state index in [4.69, 9.17) is 14.6 Å². The molecular weight excluding hydrogens is 448 g/mol. The van der Waals surface area contributed by atoms with Gasteiger partial charge >= 0.3 is 0 Å². The highest BCUT2D eigenvalue weighted by Crippen LogP contribution is 2.31. The molecule has 0 bridgehead atoms. The second-order valence-electron chi connectivity index (χ2n) is 9.23. The van der Waals surface area contributed by atoms with Gasteiger partial charge in [-0.05, 0) is 23.3 Å². The van der Waals surface area contributed by atoms with Crippen molar-refractivity contribution in [3.8, 4) is 17.0 Å². The normalized spacial score (nSPS) is 16.2. The number of morpholine rings is 1. The van der Waals surface area contributed by atoms with Crippen LogP contribution in [0.15, 0.2) is 91.1 Å². The molecule has 0 amide bonds. The van der Waals surface area contributed by atoms with Crippen LogP contribution in [-0.4, -0.2) is 54.1 Å². The maximum Gasteiger partial charge on any atom is 0.128 e. The van der Waals surface area contributed by atoms with Crippen LogP contribution in [0.2, 0.25) is 0 Å². The molecule has 6 heteroatoms. The number of methoxy groups -OCH3 is 1. The van der Waals surface area contributed by atoms with Gasteiger partial charge < -0.3 is 14.8 Å². The zero-order chi connectivity index (χ0) is 24.6. The summed E-state index contributed by atoms with van der Waals surface area (Å²) in [6, 6.07) is 29.2. The molecule has 1 aromatic heterocycles. The van der Waals surface area contributed by atoms with Crippen molar-refractivity contribution in [2.45, 2.75) is 25.7 Å². The van der Waals surface area contributed by atoms with E-state index in [-0.39, 0.29) is 6.10 Å². The Morgan fingerprint density at radius 3 is 2.36 bits per heavy atom. The fraction of sp³-hybridized carbons (Fsp3) is 0.300. The largest absolute Gasteiger partial charge is 0.496 e. The molecular formula is C30H34N4O2. The van der Waals surface area contributed by atoms with E-state index in [1.54, 1.807) is 7.11 Å². The topological polar surface area (TPSA) is 51.5 Å². The number of nitrogens with zero attached hydrogens (tertiary/aromatic N) is 3. The van der Waals surface area contributed by atoms with Crippen LogP contribution in [-0.2, 0) is 24.4 Å². The summed E-state index contributed by atoms with van der Waals surface area (Å²) in [6.45, 7) is 5.85. The minimum Gasteiger partial charge on any atom is -0.496 e. The van der Waals surface area contributed by atoms with E-state index in [0.29, 0.717) is 6.54 Å². The molecule has 0 aliphatic carbocycles. The summed E-state index contributed by atoms with van der Waals surface area (Å²) in [5, 5.41) is 8.60. The molecule has 1 atom stereocenters. The first-order valence-electron chi connectivity index (χ1n) is 12.6. The Balaban J connectivity index is 1.26. The van der Waals surface area contributed by atoms with E-state index in [1.165, 1.54) is 11.1 Å². The number of hydrogen-bond acceptors (Lipinski definition) is 5. The van der Waals surface area contributed by atoms with Crippen molar-refractivity contribution < 1.29 is 9.47 Å². The maximum atomic E-state index is 6.07. The lowest BCUT2D eigenvalue weighted by atomic mass is 10.1. The summed E-state index contributed by atoms with van der Waals surface area (Å²) < 4.78 is 13.7. The summed E-state index contributed by atoms with van der Waals surface area (Å²) in [6.07, 6.45) is 2.31. The molecule has 1 aliphatic rings. The first kappa shape index (κ1) is 24.3. The van der Waals surface area contributed by atoms with E-state index in [2.05, 4.69) is 77.1 Å². The SMILES string of the molecule is COc1ccccc1-c1nn(Cc2ccccc2)cc1CNC[C@H]1CN(Cc2ccccc2)CCO1. The van der Waals surface area contributed by atoms with Crippen LogP contribution in [0.25, 0.3) is 11.3 Å². The molecule has 1 N–H and O–H groups in total. The Kier molecular flexibility index (Phi) is 8.08. The molecule has 5 rings (SSSR count). The lowest BCUT2D eigenvalue weighted by Crippen LogP contribution is -2.46. The average Bonchev–Trinajstić information content (AvgIpc) is 3.32. The van der Waals surface area contributed by atoms with E-state index in [9.17, 15) is 0 Å². The second kappa shape index (κ2) is 12.0. The van der Waals surface area contributed by atoms with Gasteiger partial charge in [-0.1, -0.05) is 72.8 Å². The smallest absolute Gasteiger partial charge is 0.128 e. The van der Waals surface area contributed by atoms with Gasteiger partial charge in [-0.2, -0.15) is 5.10 Å². The fourth-order valence-electron chi connectivity index (χ4n) is 4.77. The highest BCUT2D eigenvalue weighted by Gasteiger charge is 2.21. The molecule has 1 saturated heterocycles. The third kappa shape index (κ3) is 6.21. The summed E-state index contributed by atoms with van der Waals surface area (Å²) in [4.78, 5) is 2.48. The fourth-order valence-corrected chi connectivity index (χ4v) is 4.77. The van der Waals surface area contributed by atoms with Gasteiger partial charge in [0.15, 0.2) is 0 Å². The average molecular weight is 483 g/mol. The number of ether oxygens (including phenoxy) is 2. The number of benzene rings is 3. The van der Waals surface area contributed by atoms with Crippen LogP contribution >= 0.6 is 0 Å². The number of nitrogens with one attached hydrogen (secondary N) is 1. The van der Waals surface area contributed by atoms with E-state index >= 15 is 0 Å². The number of hydrogen-bond donors (Lipinski definition) is 1. The molecule has 1 fully saturated rings. The van der Waals surface area contributed by atoms with Gasteiger partial charge in [-0.3, -0.25) is 9.58 Å². The second-order valence-corrected chi connectivity index (χ2v) is 9.23. The maximum absolute atomic E-state index is 6.07. The Labute approximate surface area is 213 Å². The van der Waals surface area contributed by atoms with Crippen LogP contribution in [0.4, 0.5) is 0 Å².